The third-order valence-electron chi connectivity index (χ3n) is 3.98. The third-order valence-corrected chi connectivity index (χ3v) is 3.98. The van der Waals surface area contributed by atoms with Crippen LogP contribution in [-0.2, 0) is 11.2 Å². The van der Waals surface area contributed by atoms with E-state index in [1.165, 1.54) is 16.7 Å². The molecule has 1 aliphatic heterocycles. The van der Waals surface area contributed by atoms with E-state index in [0.717, 1.165) is 25.9 Å². The first kappa shape index (κ1) is 14.1. The van der Waals surface area contributed by atoms with Gasteiger partial charge in [-0.3, -0.25) is 4.79 Å². The fourth-order valence-corrected chi connectivity index (χ4v) is 2.87. The summed E-state index contributed by atoms with van der Waals surface area (Å²) in [5.74, 6) is 0.270. The Balaban J connectivity index is 2.06. The van der Waals surface area contributed by atoms with Gasteiger partial charge in [0.25, 0.3) is 0 Å². The number of hydrogen-bond acceptors (Lipinski definition) is 2. The molecule has 0 aliphatic carbocycles. The summed E-state index contributed by atoms with van der Waals surface area (Å²) in [4.78, 5) is 14.5. The number of likely N-dealkylation sites (N-methyl/N-ethyl adjacent to an activating group) is 1. The molecule has 0 aromatic heterocycles. The zero-order chi connectivity index (χ0) is 13.8. The van der Waals surface area contributed by atoms with E-state index >= 15 is 0 Å². The summed E-state index contributed by atoms with van der Waals surface area (Å²) >= 11 is 0. The molecule has 1 N–H and O–H groups in total. The molecular weight excluding hydrogens is 236 g/mol. The lowest BCUT2D eigenvalue weighted by molar-refractivity contribution is -0.131. The van der Waals surface area contributed by atoms with Crippen LogP contribution < -0.4 is 5.32 Å². The maximum absolute atomic E-state index is 12.5. The van der Waals surface area contributed by atoms with E-state index in [4.69, 9.17) is 0 Å². The van der Waals surface area contributed by atoms with E-state index in [-0.39, 0.29) is 5.91 Å². The maximum atomic E-state index is 12.5. The average molecular weight is 260 g/mol. The Morgan fingerprint density at radius 2 is 2.21 bits per heavy atom. The molecule has 0 saturated carbocycles. The Labute approximate surface area is 116 Å². The van der Waals surface area contributed by atoms with Crippen LogP contribution in [0, 0.1) is 13.8 Å². The van der Waals surface area contributed by atoms with Crippen molar-refractivity contribution in [1.29, 1.82) is 0 Å². The quantitative estimate of drug-likeness (QED) is 0.898. The molecule has 1 heterocycles. The summed E-state index contributed by atoms with van der Waals surface area (Å²) in [6.07, 6.45) is 2.79. The lowest BCUT2D eigenvalue weighted by atomic mass is 10.0. The van der Waals surface area contributed by atoms with Crippen molar-refractivity contribution in [1.82, 2.24) is 10.2 Å². The Kier molecular flexibility index (Phi) is 4.59. The fraction of sp³-hybridized carbons (Fsp3) is 0.562. The zero-order valence-corrected chi connectivity index (χ0v) is 12.2. The molecule has 1 amide bonds. The van der Waals surface area contributed by atoms with Crippen molar-refractivity contribution < 1.29 is 4.79 Å². The van der Waals surface area contributed by atoms with Crippen LogP contribution in [0.15, 0.2) is 18.2 Å². The van der Waals surface area contributed by atoms with Crippen LogP contribution in [0.3, 0.4) is 0 Å². The number of amides is 1. The van der Waals surface area contributed by atoms with Crippen molar-refractivity contribution in [3.63, 3.8) is 0 Å². The van der Waals surface area contributed by atoms with Crippen LogP contribution in [-0.4, -0.2) is 37.0 Å². The van der Waals surface area contributed by atoms with Gasteiger partial charge in [-0.1, -0.05) is 23.8 Å². The maximum Gasteiger partial charge on any atom is 0.227 e. The Morgan fingerprint density at radius 3 is 2.95 bits per heavy atom. The van der Waals surface area contributed by atoms with E-state index in [2.05, 4.69) is 42.3 Å². The van der Waals surface area contributed by atoms with Crippen molar-refractivity contribution in [2.24, 2.45) is 0 Å². The number of hydrogen-bond donors (Lipinski definition) is 1. The van der Waals surface area contributed by atoms with Crippen LogP contribution in [0.2, 0.25) is 0 Å². The fourth-order valence-electron chi connectivity index (χ4n) is 2.87. The molecule has 1 atom stereocenters. The van der Waals surface area contributed by atoms with Crippen LogP contribution in [0.4, 0.5) is 0 Å². The third kappa shape index (κ3) is 3.35. The van der Waals surface area contributed by atoms with E-state index in [1.807, 2.05) is 7.05 Å². The first-order valence-electron chi connectivity index (χ1n) is 7.12. The summed E-state index contributed by atoms with van der Waals surface area (Å²) in [7, 11) is 1.95. The molecule has 3 heteroatoms. The molecule has 1 aromatic carbocycles. The minimum absolute atomic E-state index is 0.270. The first-order chi connectivity index (χ1) is 9.11. The van der Waals surface area contributed by atoms with Crippen LogP contribution in [0.5, 0.6) is 0 Å². The molecular formula is C16H24N2O. The molecule has 19 heavy (non-hydrogen) atoms. The predicted octanol–water partition coefficient (Wildman–Crippen LogP) is 2.06. The molecule has 1 aliphatic rings. The molecule has 104 valence electrons. The monoisotopic (exact) mass is 260 g/mol. The first-order valence-corrected chi connectivity index (χ1v) is 7.12. The van der Waals surface area contributed by atoms with Gasteiger partial charge in [-0.2, -0.15) is 0 Å². The number of nitrogens with zero attached hydrogens (tertiary/aromatic N) is 1. The average Bonchev–Trinajstić information content (AvgIpc) is 2.82. The molecule has 1 aromatic rings. The Hall–Kier alpha value is -1.35. The summed E-state index contributed by atoms with van der Waals surface area (Å²) in [6, 6.07) is 6.72. The van der Waals surface area contributed by atoms with Gasteiger partial charge < -0.3 is 10.2 Å². The molecule has 1 fully saturated rings. The topological polar surface area (TPSA) is 32.3 Å². The second kappa shape index (κ2) is 6.20. The largest absolute Gasteiger partial charge is 0.338 e. The highest BCUT2D eigenvalue weighted by Crippen LogP contribution is 2.19. The number of carbonyl (C=O) groups is 1. The van der Waals surface area contributed by atoms with Crippen LogP contribution >= 0.6 is 0 Å². The summed E-state index contributed by atoms with van der Waals surface area (Å²) in [5, 5.41) is 3.18. The van der Waals surface area contributed by atoms with Crippen molar-refractivity contribution in [2.45, 2.75) is 39.2 Å². The minimum Gasteiger partial charge on any atom is -0.338 e. The van der Waals surface area contributed by atoms with Gasteiger partial charge in [0.2, 0.25) is 5.91 Å². The molecule has 3 nitrogen and oxygen atoms in total. The normalized spacial score (nSPS) is 18.9. The lowest BCUT2D eigenvalue weighted by Crippen LogP contribution is -2.41. The van der Waals surface area contributed by atoms with Crippen molar-refractivity contribution in [2.75, 3.05) is 20.1 Å². The molecule has 0 radical (unpaired) electrons. The minimum atomic E-state index is 0.270. The highest BCUT2D eigenvalue weighted by molar-refractivity contribution is 5.79. The predicted molar refractivity (Wildman–Crippen MR) is 78.3 cm³/mol. The van der Waals surface area contributed by atoms with E-state index in [1.54, 1.807) is 0 Å². The van der Waals surface area contributed by atoms with E-state index < -0.39 is 0 Å². The van der Waals surface area contributed by atoms with Crippen molar-refractivity contribution in [3.05, 3.63) is 34.9 Å². The second-order valence-electron chi connectivity index (χ2n) is 5.55. The molecule has 0 spiro atoms. The van der Waals surface area contributed by atoms with Gasteiger partial charge in [0, 0.05) is 19.1 Å². The highest BCUT2D eigenvalue weighted by Gasteiger charge is 2.27. The number of carbonyl (C=O) groups excluding carboxylic acids is 1. The van der Waals surface area contributed by atoms with Gasteiger partial charge in [0.1, 0.15) is 0 Å². The van der Waals surface area contributed by atoms with Gasteiger partial charge in [0.05, 0.1) is 6.42 Å². The Bertz CT molecular complexity index is 456. The standard InChI is InChI=1S/C16H24N2O/c1-12-6-7-13(2)14(9-12)10-16(19)18-8-4-5-15(18)11-17-3/h6-7,9,15,17H,4-5,8,10-11H2,1-3H3/t15-/m0/s1. The molecule has 0 unspecified atom stereocenters. The number of benzene rings is 1. The summed E-state index contributed by atoms with van der Waals surface area (Å²) in [5.41, 5.74) is 3.60. The summed E-state index contributed by atoms with van der Waals surface area (Å²) < 4.78 is 0. The molecule has 1 saturated heterocycles. The Morgan fingerprint density at radius 1 is 1.42 bits per heavy atom. The zero-order valence-electron chi connectivity index (χ0n) is 12.2. The molecule has 0 bridgehead atoms. The lowest BCUT2D eigenvalue weighted by Gasteiger charge is -2.25. The van der Waals surface area contributed by atoms with Gasteiger partial charge in [-0.05, 0) is 44.9 Å². The van der Waals surface area contributed by atoms with Crippen LogP contribution in [0.1, 0.15) is 29.5 Å². The van der Waals surface area contributed by atoms with Gasteiger partial charge >= 0.3 is 0 Å². The number of rotatable bonds is 4. The van der Waals surface area contributed by atoms with E-state index in [9.17, 15) is 4.79 Å². The number of aryl methyl sites for hydroxylation is 2. The van der Waals surface area contributed by atoms with Gasteiger partial charge in [-0.25, -0.2) is 0 Å². The summed E-state index contributed by atoms with van der Waals surface area (Å²) in [6.45, 7) is 5.97. The van der Waals surface area contributed by atoms with Crippen molar-refractivity contribution >= 4 is 5.91 Å². The number of nitrogens with one attached hydrogen (secondary N) is 1. The second-order valence-corrected chi connectivity index (χ2v) is 5.55. The SMILES string of the molecule is CNC[C@@H]1CCCN1C(=O)Cc1cc(C)ccc1C. The highest BCUT2D eigenvalue weighted by atomic mass is 16.2. The van der Waals surface area contributed by atoms with Gasteiger partial charge in [0.15, 0.2) is 0 Å². The smallest absolute Gasteiger partial charge is 0.227 e. The van der Waals surface area contributed by atoms with E-state index in [0.29, 0.717) is 12.5 Å². The van der Waals surface area contributed by atoms with Gasteiger partial charge in [-0.15, -0.1) is 0 Å². The van der Waals surface area contributed by atoms with Crippen LogP contribution in [0.25, 0.3) is 0 Å². The molecule has 2 rings (SSSR count). The number of likely N-dealkylation sites (tertiary alicyclic amines) is 1. The van der Waals surface area contributed by atoms with Crippen molar-refractivity contribution in [3.8, 4) is 0 Å².